The number of carbonyl (C=O) groups excluding carboxylic acids is 1. The molecule has 1 aromatic rings. The molecular formula is C16H21BrN2O. The van der Waals surface area contributed by atoms with Gasteiger partial charge < -0.3 is 10.2 Å². The van der Waals surface area contributed by atoms with Gasteiger partial charge in [-0.05, 0) is 62.4 Å². The first kappa shape index (κ1) is 14.1. The van der Waals surface area contributed by atoms with Crippen molar-refractivity contribution in [1.29, 1.82) is 0 Å². The molecule has 108 valence electrons. The summed E-state index contributed by atoms with van der Waals surface area (Å²) in [5, 5.41) is 3.47. The number of halogens is 1. The SMILES string of the molecule is Cc1c(Br)cccc1C(=O)N1CC[C@@H]2CNC[C@@H]2CC1. The summed E-state index contributed by atoms with van der Waals surface area (Å²) in [7, 11) is 0. The normalized spacial score (nSPS) is 26.2. The predicted octanol–water partition coefficient (Wildman–Crippen LogP) is 2.83. The zero-order valence-corrected chi connectivity index (χ0v) is 13.4. The molecule has 0 aromatic heterocycles. The van der Waals surface area contributed by atoms with Crippen molar-refractivity contribution in [3.8, 4) is 0 Å². The van der Waals surface area contributed by atoms with Crippen molar-refractivity contribution in [2.24, 2.45) is 11.8 Å². The molecule has 2 aliphatic rings. The number of nitrogens with one attached hydrogen (secondary N) is 1. The van der Waals surface area contributed by atoms with E-state index in [9.17, 15) is 4.79 Å². The molecule has 2 heterocycles. The van der Waals surface area contributed by atoms with Crippen LogP contribution in [0.2, 0.25) is 0 Å². The first-order chi connectivity index (χ1) is 9.66. The fourth-order valence-corrected chi connectivity index (χ4v) is 3.80. The maximum Gasteiger partial charge on any atom is 0.254 e. The van der Waals surface area contributed by atoms with Gasteiger partial charge in [0.15, 0.2) is 0 Å². The molecule has 0 radical (unpaired) electrons. The molecule has 1 N–H and O–H groups in total. The van der Waals surface area contributed by atoms with Crippen LogP contribution in [0.4, 0.5) is 0 Å². The average Bonchev–Trinajstić information content (AvgIpc) is 2.80. The number of likely N-dealkylation sites (tertiary alicyclic amines) is 1. The van der Waals surface area contributed by atoms with E-state index in [1.54, 1.807) is 0 Å². The van der Waals surface area contributed by atoms with E-state index in [2.05, 4.69) is 21.2 Å². The fraction of sp³-hybridized carbons (Fsp3) is 0.562. The van der Waals surface area contributed by atoms with Crippen LogP contribution in [0.15, 0.2) is 22.7 Å². The Morgan fingerprint density at radius 3 is 2.55 bits per heavy atom. The van der Waals surface area contributed by atoms with Crippen molar-refractivity contribution >= 4 is 21.8 Å². The Morgan fingerprint density at radius 1 is 1.25 bits per heavy atom. The highest BCUT2D eigenvalue weighted by Crippen LogP contribution is 2.28. The third-order valence-electron chi connectivity index (χ3n) is 4.80. The highest BCUT2D eigenvalue weighted by atomic mass is 79.9. The van der Waals surface area contributed by atoms with Gasteiger partial charge in [-0.15, -0.1) is 0 Å². The topological polar surface area (TPSA) is 32.3 Å². The molecule has 0 aliphatic carbocycles. The highest BCUT2D eigenvalue weighted by molar-refractivity contribution is 9.10. The molecule has 2 fully saturated rings. The van der Waals surface area contributed by atoms with Crippen LogP contribution < -0.4 is 5.32 Å². The van der Waals surface area contributed by atoms with Crippen LogP contribution in [0.5, 0.6) is 0 Å². The summed E-state index contributed by atoms with van der Waals surface area (Å²) in [4.78, 5) is 14.8. The van der Waals surface area contributed by atoms with Gasteiger partial charge in [0, 0.05) is 23.1 Å². The van der Waals surface area contributed by atoms with Crippen LogP contribution in [0.25, 0.3) is 0 Å². The molecule has 2 saturated heterocycles. The maximum absolute atomic E-state index is 12.7. The Morgan fingerprint density at radius 2 is 1.90 bits per heavy atom. The fourth-order valence-electron chi connectivity index (χ4n) is 3.43. The van der Waals surface area contributed by atoms with E-state index in [0.717, 1.165) is 66.5 Å². The van der Waals surface area contributed by atoms with Crippen LogP contribution >= 0.6 is 15.9 Å². The molecule has 0 unspecified atom stereocenters. The maximum atomic E-state index is 12.7. The Labute approximate surface area is 128 Å². The predicted molar refractivity (Wildman–Crippen MR) is 83.9 cm³/mol. The summed E-state index contributed by atoms with van der Waals surface area (Å²) in [6.07, 6.45) is 2.27. The molecule has 2 aliphatic heterocycles. The lowest BCUT2D eigenvalue weighted by atomic mass is 9.92. The molecule has 0 spiro atoms. The number of fused-ring (bicyclic) bond motifs is 1. The van der Waals surface area contributed by atoms with Gasteiger partial charge >= 0.3 is 0 Å². The molecule has 20 heavy (non-hydrogen) atoms. The number of nitrogens with zero attached hydrogens (tertiary/aromatic N) is 1. The summed E-state index contributed by atoms with van der Waals surface area (Å²) in [5.41, 5.74) is 1.88. The molecule has 4 heteroatoms. The van der Waals surface area contributed by atoms with E-state index >= 15 is 0 Å². The van der Waals surface area contributed by atoms with Gasteiger partial charge in [-0.2, -0.15) is 0 Å². The minimum Gasteiger partial charge on any atom is -0.339 e. The van der Waals surface area contributed by atoms with Crippen molar-refractivity contribution in [3.63, 3.8) is 0 Å². The van der Waals surface area contributed by atoms with Crippen molar-refractivity contribution in [1.82, 2.24) is 10.2 Å². The lowest BCUT2D eigenvalue weighted by Crippen LogP contribution is -2.33. The minimum absolute atomic E-state index is 0.191. The molecule has 3 rings (SSSR count). The van der Waals surface area contributed by atoms with Crippen LogP contribution in [0.3, 0.4) is 0 Å². The average molecular weight is 337 g/mol. The van der Waals surface area contributed by atoms with E-state index in [-0.39, 0.29) is 5.91 Å². The lowest BCUT2D eigenvalue weighted by Gasteiger charge is -2.22. The molecule has 1 amide bonds. The van der Waals surface area contributed by atoms with E-state index in [1.165, 1.54) is 0 Å². The molecule has 0 bridgehead atoms. The van der Waals surface area contributed by atoms with Gasteiger partial charge in [0.1, 0.15) is 0 Å². The summed E-state index contributed by atoms with van der Waals surface area (Å²) in [6.45, 7) is 6.06. The van der Waals surface area contributed by atoms with Crippen molar-refractivity contribution in [2.75, 3.05) is 26.2 Å². The lowest BCUT2D eigenvalue weighted by molar-refractivity contribution is 0.0757. The summed E-state index contributed by atoms with van der Waals surface area (Å²) < 4.78 is 1.01. The number of hydrogen-bond acceptors (Lipinski definition) is 2. The van der Waals surface area contributed by atoms with Crippen molar-refractivity contribution < 1.29 is 4.79 Å². The first-order valence-corrected chi connectivity index (χ1v) is 8.21. The number of rotatable bonds is 1. The quantitative estimate of drug-likeness (QED) is 0.855. The van der Waals surface area contributed by atoms with Gasteiger partial charge in [-0.3, -0.25) is 4.79 Å². The summed E-state index contributed by atoms with van der Waals surface area (Å²) in [5.74, 6) is 1.71. The van der Waals surface area contributed by atoms with Gasteiger partial charge in [0.2, 0.25) is 0 Å². The summed E-state index contributed by atoms with van der Waals surface area (Å²) in [6, 6.07) is 5.88. The number of benzene rings is 1. The minimum atomic E-state index is 0.191. The molecule has 0 saturated carbocycles. The van der Waals surface area contributed by atoms with Crippen LogP contribution in [-0.2, 0) is 0 Å². The standard InChI is InChI=1S/C16H21BrN2O/c1-11-14(3-2-4-15(11)17)16(20)19-7-5-12-9-18-10-13(12)6-8-19/h2-4,12-13,18H,5-10H2,1H3/t12-,13+. The second-order valence-electron chi connectivity index (χ2n) is 5.96. The van der Waals surface area contributed by atoms with E-state index in [1.807, 2.05) is 30.0 Å². The number of hydrogen-bond donors (Lipinski definition) is 1. The van der Waals surface area contributed by atoms with Gasteiger partial charge in [0.05, 0.1) is 0 Å². The largest absolute Gasteiger partial charge is 0.339 e. The molecular weight excluding hydrogens is 316 g/mol. The monoisotopic (exact) mass is 336 g/mol. The van der Waals surface area contributed by atoms with E-state index in [4.69, 9.17) is 0 Å². The summed E-state index contributed by atoms with van der Waals surface area (Å²) >= 11 is 3.51. The highest BCUT2D eigenvalue weighted by Gasteiger charge is 2.31. The third-order valence-corrected chi connectivity index (χ3v) is 5.66. The Balaban J connectivity index is 1.75. The Kier molecular flexibility index (Phi) is 4.13. The van der Waals surface area contributed by atoms with Crippen LogP contribution in [0.1, 0.15) is 28.8 Å². The van der Waals surface area contributed by atoms with Gasteiger partial charge in [-0.1, -0.05) is 22.0 Å². The van der Waals surface area contributed by atoms with E-state index in [0.29, 0.717) is 0 Å². The van der Waals surface area contributed by atoms with E-state index < -0.39 is 0 Å². The molecule has 2 atom stereocenters. The zero-order valence-electron chi connectivity index (χ0n) is 11.9. The van der Waals surface area contributed by atoms with Gasteiger partial charge in [-0.25, -0.2) is 0 Å². The van der Waals surface area contributed by atoms with Crippen molar-refractivity contribution in [3.05, 3.63) is 33.8 Å². The first-order valence-electron chi connectivity index (χ1n) is 7.42. The smallest absolute Gasteiger partial charge is 0.254 e. The van der Waals surface area contributed by atoms with Crippen molar-refractivity contribution in [2.45, 2.75) is 19.8 Å². The number of amides is 1. The number of carbonyl (C=O) groups is 1. The zero-order chi connectivity index (χ0) is 14.1. The Bertz CT molecular complexity index is 503. The van der Waals surface area contributed by atoms with Crippen LogP contribution in [0, 0.1) is 18.8 Å². The van der Waals surface area contributed by atoms with Crippen LogP contribution in [-0.4, -0.2) is 37.0 Å². The Hall–Kier alpha value is -0.870. The molecule has 1 aromatic carbocycles. The second-order valence-corrected chi connectivity index (χ2v) is 6.81. The second kappa shape index (κ2) is 5.86. The molecule has 3 nitrogen and oxygen atoms in total. The third kappa shape index (κ3) is 2.63. The van der Waals surface area contributed by atoms with Gasteiger partial charge in [0.25, 0.3) is 5.91 Å².